The van der Waals surface area contributed by atoms with Crippen molar-refractivity contribution < 1.29 is 4.79 Å². The lowest BCUT2D eigenvalue weighted by molar-refractivity contribution is -0.123. The third-order valence-corrected chi connectivity index (χ3v) is 5.37. The summed E-state index contributed by atoms with van der Waals surface area (Å²) in [5.74, 6) is -0.0138. The zero-order valence-electron chi connectivity index (χ0n) is 17.4. The summed E-state index contributed by atoms with van der Waals surface area (Å²) in [6.07, 6.45) is 8.74. The maximum absolute atomic E-state index is 13.2. The van der Waals surface area contributed by atoms with Crippen molar-refractivity contribution in [3.63, 3.8) is 0 Å². The van der Waals surface area contributed by atoms with Gasteiger partial charge in [-0.15, -0.1) is 0 Å². The molecular weight excluding hydrogens is 384 g/mol. The molecule has 1 amide bonds. The molecule has 156 valence electrons. The Morgan fingerprint density at radius 2 is 1.35 bits per heavy atom. The Hall–Kier alpha value is -3.57. The average Bonchev–Trinajstić information content (AvgIpc) is 2.83. The number of pyridine rings is 2. The van der Waals surface area contributed by atoms with Crippen LogP contribution in [0.1, 0.15) is 22.7 Å². The topological polar surface area (TPSA) is 66.9 Å². The zero-order chi connectivity index (χ0) is 21.3. The smallest absolute Gasteiger partial charge is 0.241 e. The highest BCUT2D eigenvalue weighted by Gasteiger charge is 2.21. The summed E-state index contributed by atoms with van der Waals surface area (Å²) in [6, 6.07) is 21.8. The summed E-state index contributed by atoms with van der Waals surface area (Å²) < 4.78 is 0. The lowest BCUT2D eigenvalue weighted by atomic mass is 9.97. The van der Waals surface area contributed by atoms with Crippen molar-refractivity contribution in [2.45, 2.75) is 18.9 Å². The number of benzene rings is 2. The number of aromatic nitrogens is 2. The summed E-state index contributed by atoms with van der Waals surface area (Å²) in [4.78, 5) is 21.3. The highest BCUT2D eigenvalue weighted by molar-refractivity contribution is 5.92. The average molecular weight is 411 g/mol. The van der Waals surface area contributed by atoms with Gasteiger partial charge in [-0.05, 0) is 64.6 Å². The minimum absolute atomic E-state index is 0.0138. The lowest BCUT2D eigenvalue weighted by Crippen LogP contribution is -2.39. The van der Waals surface area contributed by atoms with E-state index < -0.39 is 6.04 Å². The molecule has 2 heterocycles. The molecule has 0 saturated carbocycles. The van der Waals surface area contributed by atoms with Crippen molar-refractivity contribution in [2.75, 3.05) is 13.1 Å². The Kier molecular flexibility index (Phi) is 6.98. The second-order valence-corrected chi connectivity index (χ2v) is 7.46. The van der Waals surface area contributed by atoms with E-state index in [0.717, 1.165) is 34.7 Å². The third-order valence-electron chi connectivity index (χ3n) is 5.37. The number of amides is 1. The van der Waals surface area contributed by atoms with Gasteiger partial charge in [0.2, 0.25) is 5.91 Å². The predicted molar refractivity (Wildman–Crippen MR) is 124 cm³/mol. The molecule has 4 rings (SSSR count). The number of rotatable bonds is 9. The van der Waals surface area contributed by atoms with Crippen LogP contribution >= 0.6 is 0 Å². The van der Waals surface area contributed by atoms with E-state index in [1.807, 2.05) is 48.5 Å². The molecule has 0 bridgehead atoms. The van der Waals surface area contributed by atoms with E-state index >= 15 is 0 Å². The Labute approximate surface area is 182 Å². The maximum Gasteiger partial charge on any atom is 0.241 e. The largest absolute Gasteiger partial charge is 0.354 e. The van der Waals surface area contributed by atoms with Crippen molar-refractivity contribution in [3.05, 3.63) is 108 Å². The van der Waals surface area contributed by atoms with Crippen LogP contribution in [0.3, 0.4) is 0 Å². The Morgan fingerprint density at radius 3 is 2.06 bits per heavy atom. The van der Waals surface area contributed by atoms with Gasteiger partial charge in [0.15, 0.2) is 0 Å². The van der Waals surface area contributed by atoms with Gasteiger partial charge in [-0.2, -0.15) is 0 Å². The van der Waals surface area contributed by atoms with Crippen molar-refractivity contribution >= 4 is 16.7 Å². The van der Waals surface area contributed by atoms with Crippen molar-refractivity contribution in [3.8, 4) is 0 Å². The van der Waals surface area contributed by atoms with Gasteiger partial charge >= 0.3 is 0 Å². The van der Waals surface area contributed by atoms with Crippen LogP contribution in [0.2, 0.25) is 0 Å². The van der Waals surface area contributed by atoms with Crippen LogP contribution in [-0.4, -0.2) is 29.0 Å². The maximum atomic E-state index is 13.2. The summed E-state index contributed by atoms with van der Waals surface area (Å²) in [5.41, 5.74) is 3.34. The van der Waals surface area contributed by atoms with Gasteiger partial charge in [0.05, 0.1) is 0 Å². The minimum atomic E-state index is -0.426. The summed E-state index contributed by atoms with van der Waals surface area (Å²) in [5, 5.41) is 8.82. The number of nitrogens with zero attached hydrogens (tertiary/aromatic N) is 2. The fraction of sp³-hybridized carbons (Fsp3) is 0.192. The molecule has 31 heavy (non-hydrogen) atoms. The van der Waals surface area contributed by atoms with E-state index in [1.165, 1.54) is 5.56 Å². The van der Waals surface area contributed by atoms with Crippen molar-refractivity contribution in [1.29, 1.82) is 0 Å². The molecule has 5 nitrogen and oxygen atoms in total. The highest BCUT2D eigenvalue weighted by Crippen LogP contribution is 2.24. The van der Waals surface area contributed by atoms with Gasteiger partial charge in [0, 0.05) is 37.9 Å². The zero-order valence-corrected chi connectivity index (χ0v) is 17.4. The van der Waals surface area contributed by atoms with Crippen LogP contribution in [0, 0.1) is 0 Å². The first-order valence-corrected chi connectivity index (χ1v) is 10.6. The fourth-order valence-electron chi connectivity index (χ4n) is 3.74. The summed E-state index contributed by atoms with van der Waals surface area (Å²) >= 11 is 0. The molecule has 0 fully saturated rings. The van der Waals surface area contributed by atoms with Crippen LogP contribution in [0.5, 0.6) is 0 Å². The molecular formula is C26H26N4O. The number of hydrogen-bond acceptors (Lipinski definition) is 4. The van der Waals surface area contributed by atoms with Crippen LogP contribution in [0.4, 0.5) is 0 Å². The van der Waals surface area contributed by atoms with Crippen LogP contribution in [0.25, 0.3) is 10.8 Å². The number of carbonyl (C=O) groups is 1. The highest BCUT2D eigenvalue weighted by atomic mass is 16.2. The second-order valence-electron chi connectivity index (χ2n) is 7.46. The molecule has 0 aliphatic rings. The van der Waals surface area contributed by atoms with Gasteiger partial charge < -0.3 is 10.6 Å². The van der Waals surface area contributed by atoms with E-state index in [4.69, 9.17) is 0 Å². The monoisotopic (exact) mass is 410 g/mol. The van der Waals surface area contributed by atoms with Crippen molar-refractivity contribution in [2.24, 2.45) is 0 Å². The molecule has 0 aliphatic carbocycles. The minimum Gasteiger partial charge on any atom is -0.354 e. The van der Waals surface area contributed by atoms with E-state index in [-0.39, 0.29) is 5.91 Å². The van der Waals surface area contributed by atoms with E-state index in [2.05, 4.69) is 38.8 Å². The SMILES string of the molecule is O=C(NCCc1ccncc1)C(NCCc1ccncc1)c1cccc2ccccc12. The van der Waals surface area contributed by atoms with Gasteiger partial charge in [0.25, 0.3) is 0 Å². The van der Waals surface area contributed by atoms with Crippen LogP contribution in [0.15, 0.2) is 91.5 Å². The third kappa shape index (κ3) is 5.53. The van der Waals surface area contributed by atoms with Gasteiger partial charge in [0.1, 0.15) is 6.04 Å². The Morgan fingerprint density at radius 1 is 0.742 bits per heavy atom. The molecule has 0 spiro atoms. The predicted octanol–water partition coefficient (Wildman–Crippen LogP) is 3.86. The van der Waals surface area contributed by atoms with Crippen LogP contribution in [-0.2, 0) is 17.6 Å². The van der Waals surface area contributed by atoms with Gasteiger partial charge in [-0.1, -0.05) is 42.5 Å². The molecule has 1 unspecified atom stereocenters. The molecule has 0 saturated heterocycles. The second kappa shape index (κ2) is 10.5. The first kappa shape index (κ1) is 20.7. The van der Waals surface area contributed by atoms with E-state index in [1.54, 1.807) is 24.8 Å². The molecule has 4 aromatic rings. The first-order valence-electron chi connectivity index (χ1n) is 10.6. The van der Waals surface area contributed by atoms with E-state index in [0.29, 0.717) is 13.1 Å². The molecule has 1 atom stereocenters. The Balaban J connectivity index is 1.49. The molecule has 2 N–H and O–H groups in total. The van der Waals surface area contributed by atoms with Crippen LogP contribution < -0.4 is 10.6 Å². The molecule has 0 aliphatic heterocycles. The molecule has 2 aromatic heterocycles. The van der Waals surface area contributed by atoms with Crippen molar-refractivity contribution in [1.82, 2.24) is 20.6 Å². The first-order chi connectivity index (χ1) is 15.3. The molecule has 2 aromatic carbocycles. The number of hydrogen-bond donors (Lipinski definition) is 2. The number of fused-ring (bicyclic) bond motifs is 1. The summed E-state index contributed by atoms with van der Waals surface area (Å²) in [7, 11) is 0. The number of carbonyl (C=O) groups excluding carboxylic acids is 1. The Bertz CT molecular complexity index is 1110. The summed E-state index contributed by atoms with van der Waals surface area (Å²) in [6.45, 7) is 1.27. The number of nitrogens with one attached hydrogen (secondary N) is 2. The normalized spacial score (nSPS) is 11.9. The fourth-order valence-corrected chi connectivity index (χ4v) is 3.74. The molecule has 5 heteroatoms. The molecule has 0 radical (unpaired) electrons. The van der Waals surface area contributed by atoms with Gasteiger partial charge in [-0.3, -0.25) is 14.8 Å². The quantitative estimate of drug-likeness (QED) is 0.440. The standard InChI is InChI=1S/C26H26N4O/c31-26(30-19-13-21-10-16-28-17-11-21)25(29-18-12-20-8-14-27-15-9-20)24-7-3-5-22-4-1-2-6-23(22)24/h1-11,14-17,25,29H,12-13,18-19H2,(H,30,31). The van der Waals surface area contributed by atoms with Gasteiger partial charge in [-0.25, -0.2) is 0 Å². The van der Waals surface area contributed by atoms with E-state index in [9.17, 15) is 4.79 Å². The lowest BCUT2D eigenvalue weighted by Gasteiger charge is -2.21.